The Morgan fingerprint density at radius 1 is 0.931 bits per heavy atom. The van der Waals surface area contributed by atoms with E-state index >= 15 is 0 Å². The number of aryl methyl sites for hydroxylation is 1. The third kappa shape index (κ3) is 5.84. The van der Waals surface area contributed by atoms with Crippen LogP contribution < -0.4 is 10.6 Å². The highest BCUT2D eigenvalue weighted by atomic mass is 19.3. The summed E-state index contributed by atoms with van der Waals surface area (Å²) < 4.78 is 53.3. The van der Waals surface area contributed by atoms with Gasteiger partial charge in [-0.05, 0) is 30.7 Å². The summed E-state index contributed by atoms with van der Waals surface area (Å²) in [6.07, 6.45) is 0.680. The molecule has 0 amide bonds. The Labute approximate surface area is 164 Å². The first-order valence-electron chi connectivity index (χ1n) is 8.79. The number of halogens is 4. The van der Waals surface area contributed by atoms with Gasteiger partial charge in [-0.3, -0.25) is 0 Å². The number of nitrogens with zero attached hydrogens (tertiary/aromatic N) is 4. The zero-order chi connectivity index (χ0) is 21.0. The van der Waals surface area contributed by atoms with Gasteiger partial charge in [0.05, 0.1) is 6.54 Å². The average molecular weight is 406 g/mol. The Balaban J connectivity index is 1.99. The van der Waals surface area contributed by atoms with E-state index in [0.717, 1.165) is 30.8 Å². The van der Waals surface area contributed by atoms with Crippen molar-refractivity contribution in [1.29, 1.82) is 0 Å². The predicted octanol–water partition coefficient (Wildman–Crippen LogP) is 4.58. The Morgan fingerprint density at radius 3 is 2.28 bits per heavy atom. The minimum atomic E-state index is -2.99. The molecule has 0 radical (unpaired) electrons. The van der Waals surface area contributed by atoms with Crippen molar-refractivity contribution in [1.82, 2.24) is 19.9 Å². The van der Waals surface area contributed by atoms with Crippen LogP contribution in [0.15, 0.2) is 36.4 Å². The van der Waals surface area contributed by atoms with Crippen molar-refractivity contribution >= 4 is 17.6 Å². The van der Waals surface area contributed by atoms with Gasteiger partial charge in [0, 0.05) is 24.4 Å². The molecule has 2 aromatic heterocycles. The second-order valence-electron chi connectivity index (χ2n) is 6.38. The number of anilines is 3. The van der Waals surface area contributed by atoms with Gasteiger partial charge in [-0.25, -0.2) is 22.5 Å². The minimum absolute atomic E-state index is 0.0571. The molecule has 0 aliphatic carbocycles. The van der Waals surface area contributed by atoms with Crippen molar-refractivity contribution in [2.75, 3.05) is 17.2 Å². The molecule has 10 heteroatoms. The maximum Gasteiger partial charge on any atom is 0.262 e. The normalized spacial score (nSPS) is 11.4. The smallest absolute Gasteiger partial charge is 0.262 e. The summed E-state index contributed by atoms with van der Waals surface area (Å²) in [7, 11) is 0. The monoisotopic (exact) mass is 406 g/mol. The number of benzene rings is 1. The predicted molar refractivity (Wildman–Crippen MR) is 101 cm³/mol. The van der Waals surface area contributed by atoms with E-state index in [9.17, 15) is 17.6 Å². The molecule has 0 bridgehead atoms. The van der Waals surface area contributed by atoms with Crippen LogP contribution >= 0.6 is 0 Å². The van der Waals surface area contributed by atoms with Crippen molar-refractivity contribution in [3.8, 4) is 11.5 Å². The number of aromatic nitrogens is 4. The van der Waals surface area contributed by atoms with Crippen LogP contribution in [0.25, 0.3) is 11.5 Å². The topological polar surface area (TPSA) is 75.6 Å². The van der Waals surface area contributed by atoms with Crippen LogP contribution in [0.5, 0.6) is 0 Å². The second-order valence-corrected chi connectivity index (χ2v) is 6.38. The van der Waals surface area contributed by atoms with Crippen LogP contribution in [0.4, 0.5) is 35.1 Å². The molecule has 0 fully saturated rings. The first-order chi connectivity index (χ1) is 13.7. The van der Waals surface area contributed by atoms with E-state index in [0.29, 0.717) is 12.1 Å². The lowest BCUT2D eigenvalue weighted by Gasteiger charge is -2.13. The average Bonchev–Trinajstić information content (AvgIpc) is 2.65. The minimum Gasteiger partial charge on any atom is -0.348 e. The summed E-state index contributed by atoms with van der Waals surface area (Å²) in [4.78, 5) is 16.8. The number of hydrogen-bond acceptors (Lipinski definition) is 6. The number of rotatable bonds is 7. The largest absolute Gasteiger partial charge is 0.348 e. The highest BCUT2D eigenvalue weighted by Crippen LogP contribution is 2.21. The van der Waals surface area contributed by atoms with Crippen LogP contribution in [-0.2, 0) is 6.42 Å². The van der Waals surface area contributed by atoms with Crippen molar-refractivity contribution in [3.05, 3.63) is 53.7 Å². The van der Waals surface area contributed by atoms with E-state index in [1.807, 2.05) is 13.0 Å². The quantitative estimate of drug-likeness (QED) is 0.559. The summed E-state index contributed by atoms with van der Waals surface area (Å²) >= 11 is 0. The third-order valence-corrected chi connectivity index (χ3v) is 3.71. The fourth-order valence-electron chi connectivity index (χ4n) is 2.42. The molecule has 0 atom stereocenters. The molecule has 0 aliphatic rings. The van der Waals surface area contributed by atoms with Crippen LogP contribution in [0, 0.1) is 11.6 Å². The standard InChI is InChI=1S/C19H18F4N6/c1-3-13-5-4-6-15(25-13)16-27-17(24-10-19(2,22)23)29-18(28-16)26-14-8-11(20)7-12(21)9-14/h4-9H,3,10H2,1-2H3,(H2,24,26,27,28,29). The molecule has 2 N–H and O–H groups in total. The zero-order valence-electron chi connectivity index (χ0n) is 15.7. The molecule has 1 aromatic carbocycles. The Hall–Kier alpha value is -3.30. The van der Waals surface area contributed by atoms with E-state index in [-0.39, 0.29) is 23.4 Å². The Morgan fingerprint density at radius 2 is 1.62 bits per heavy atom. The molecular formula is C19H18F4N6. The Bertz CT molecular complexity index is 986. The summed E-state index contributed by atoms with van der Waals surface area (Å²) in [6.45, 7) is 1.98. The molecule has 2 heterocycles. The summed E-state index contributed by atoms with van der Waals surface area (Å²) in [5, 5.41) is 5.11. The van der Waals surface area contributed by atoms with E-state index in [2.05, 4.69) is 30.6 Å². The van der Waals surface area contributed by atoms with Crippen molar-refractivity contribution in [3.63, 3.8) is 0 Å². The lowest BCUT2D eigenvalue weighted by Crippen LogP contribution is -2.24. The molecular weight excluding hydrogens is 388 g/mol. The molecule has 0 saturated carbocycles. The molecule has 0 aliphatic heterocycles. The molecule has 29 heavy (non-hydrogen) atoms. The fraction of sp³-hybridized carbons (Fsp3) is 0.263. The van der Waals surface area contributed by atoms with Gasteiger partial charge in [-0.15, -0.1) is 0 Å². The van der Waals surface area contributed by atoms with Gasteiger partial charge >= 0.3 is 0 Å². The number of nitrogens with one attached hydrogen (secondary N) is 2. The highest BCUT2D eigenvalue weighted by Gasteiger charge is 2.21. The molecule has 0 spiro atoms. The number of pyridine rings is 1. The van der Waals surface area contributed by atoms with E-state index in [1.165, 1.54) is 0 Å². The molecule has 152 valence electrons. The Kier molecular flexibility index (Phi) is 5.90. The summed E-state index contributed by atoms with van der Waals surface area (Å²) in [6, 6.07) is 8.09. The molecule has 3 aromatic rings. The molecule has 0 saturated heterocycles. The fourth-order valence-corrected chi connectivity index (χ4v) is 2.42. The first kappa shape index (κ1) is 20.4. The van der Waals surface area contributed by atoms with Crippen molar-refractivity contribution in [2.45, 2.75) is 26.2 Å². The number of alkyl halides is 2. The van der Waals surface area contributed by atoms with Crippen LogP contribution in [0.3, 0.4) is 0 Å². The van der Waals surface area contributed by atoms with Gasteiger partial charge in [0.1, 0.15) is 17.3 Å². The summed E-state index contributed by atoms with van der Waals surface area (Å²) in [5.74, 6) is -4.65. The van der Waals surface area contributed by atoms with E-state index < -0.39 is 24.1 Å². The lowest BCUT2D eigenvalue weighted by molar-refractivity contribution is 0.0366. The van der Waals surface area contributed by atoms with Gasteiger partial charge in [0.15, 0.2) is 5.82 Å². The molecule has 3 rings (SSSR count). The van der Waals surface area contributed by atoms with Crippen LogP contribution in [0.2, 0.25) is 0 Å². The van der Waals surface area contributed by atoms with Gasteiger partial charge in [-0.2, -0.15) is 15.0 Å². The van der Waals surface area contributed by atoms with Crippen molar-refractivity contribution in [2.24, 2.45) is 0 Å². The maximum atomic E-state index is 13.5. The lowest BCUT2D eigenvalue weighted by atomic mass is 10.2. The van der Waals surface area contributed by atoms with Crippen LogP contribution in [0.1, 0.15) is 19.5 Å². The molecule has 6 nitrogen and oxygen atoms in total. The first-order valence-corrected chi connectivity index (χ1v) is 8.79. The van der Waals surface area contributed by atoms with Gasteiger partial charge in [0.25, 0.3) is 5.92 Å². The van der Waals surface area contributed by atoms with Gasteiger partial charge < -0.3 is 10.6 Å². The van der Waals surface area contributed by atoms with Gasteiger partial charge in [0.2, 0.25) is 11.9 Å². The van der Waals surface area contributed by atoms with E-state index in [4.69, 9.17) is 0 Å². The van der Waals surface area contributed by atoms with Gasteiger partial charge in [-0.1, -0.05) is 13.0 Å². The number of hydrogen-bond donors (Lipinski definition) is 2. The van der Waals surface area contributed by atoms with Crippen molar-refractivity contribution < 1.29 is 17.6 Å². The maximum absolute atomic E-state index is 13.5. The zero-order valence-corrected chi connectivity index (χ0v) is 15.7. The van der Waals surface area contributed by atoms with E-state index in [1.54, 1.807) is 12.1 Å². The molecule has 0 unspecified atom stereocenters. The summed E-state index contributed by atoms with van der Waals surface area (Å²) in [5.41, 5.74) is 1.26. The highest BCUT2D eigenvalue weighted by molar-refractivity contribution is 5.59. The SMILES string of the molecule is CCc1cccc(-c2nc(NCC(C)(F)F)nc(Nc3cc(F)cc(F)c3)n2)n1. The van der Waals surface area contributed by atoms with Crippen LogP contribution in [-0.4, -0.2) is 32.4 Å². The second kappa shape index (κ2) is 8.38. The third-order valence-electron chi connectivity index (χ3n) is 3.71.